The van der Waals surface area contributed by atoms with E-state index in [1.165, 1.54) is 0 Å². The van der Waals surface area contributed by atoms with E-state index in [1.54, 1.807) is 7.11 Å². The molecule has 0 spiro atoms. The number of nitrogens with one attached hydrogen (secondary N) is 1. The van der Waals surface area contributed by atoms with Crippen LogP contribution in [0.15, 0.2) is 0 Å². The smallest absolute Gasteiger partial charge is 0.158 e. The van der Waals surface area contributed by atoms with Crippen molar-refractivity contribution in [1.29, 1.82) is 0 Å². The summed E-state index contributed by atoms with van der Waals surface area (Å²) in [6, 6.07) is 0. The monoisotopic (exact) mass is 288 g/mol. The highest BCUT2D eigenvalue weighted by Crippen LogP contribution is 1.99. The third-order valence-electron chi connectivity index (χ3n) is 2.17. The van der Waals surface area contributed by atoms with Crippen molar-refractivity contribution in [1.82, 2.24) is 5.32 Å². The number of rotatable bonds is 11. The van der Waals surface area contributed by atoms with Gasteiger partial charge in [-0.05, 0) is 38.9 Å². The third-order valence-corrected chi connectivity index (χ3v) is 2.17. The maximum atomic E-state index is 11.1. The Bertz CT molecular complexity index is 160. The van der Waals surface area contributed by atoms with Crippen LogP contribution in [0, 0.1) is 0 Å². The van der Waals surface area contributed by atoms with Gasteiger partial charge in [-0.25, -0.2) is 0 Å². The highest BCUT2D eigenvalue weighted by molar-refractivity contribution is 5.85. The molecule has 0 rings (SSSR count). The lowest BCUT2D eigenvalue weighted by molar-refractivity contribution is -0.122. The molecule has 0 aliphatic heterocycles. The highest BCUT2D eigenvalue weighted by Gasteiger charge is 1.99. The van der Waals surface area contributed by atoms with Gasteiger partial charge in [0.05, 0.1) is 0 Å². The molecule has 6 heteroatoms. The molecule has 0 aromatic heterocycles. The molecular weight excluding hydrogens is 263 g/mol. The summed E-state index contributed by atoms with van der Waals surface area (Å²) in [5, 5.41) is 3.31. The minimum Gasteiger partial charge on any atom is -0.377 e. The first kappa shape index (κ1) is 22.3. The molecule has 17 heavy (non-hydrogen) atoms. The lowest BCUT2D eigenvalue weighted by Crippen LogP contribution is -2.19. The Kier molecular flexibility index (Phi) is 24.3. The molecular formula is C11H26Cl2N2O2. The fraction of sp³-hybridized carbons (Fsp3) is 0.909. The first-order valence-electron chi connectivity index (χ1n) is 5.72. The molecule has 0 radical (unpaired) electrons. The summed E-state index contributed by atoms with van der Waals surface area (Å²) in [7, 11) is 1.55. The van der Waals surface area contributed by atoms with E-state index in [4.69, 9.17) is 10.5 Å². The van der Waals surface area contributed by atoms with Crippen molar-refractivity contribution < 1.29 is 9.53 Å². The van der Waals surface area contributed by atoms with Crippen LogP contribution >= 0.6 is 24.8 Å². The number of carbonyl (C=O) groups excluding carboxylic acids is 1. The fourth-order valence-corrected chi connectivity index (χ4v) is 1.33. The number of methoxy groups -OCH3 is 1. The van der Waals surface area contributed by atoms with Crippen LogP contribution in [0.3, 0.4) is 0 Å². The van der Waals surface area contributed by atoms with Crippen LogP contribution in [0.25, 0.3) is 0 Å². The summed E-state index contributed by atoms with van der Waals surface area (Å²) in [6.07, 6.45) is 4.89. The van der Waals surface area contributed by atoms with E-state index >= 15 is 0 Å². The zero-order chi connectivity index (χ0) is 11.4. The molecule has 4 nitrogen and oxygen atoms in total. The second kappa shape index (κ2) is 18.5. The molecule has 0 aliphatic rings. The van der Waals surface area contributed by atoms with Crippen molar-refractivity contribution in [2.75, 3.05) is 33.4 Å². The van der Waals surface area contributed by atoms with Gasteiger partial charge in [-0.2, -0.15) is 0 Å². The number of hydrogen-bond donors (Lipinski definition) is 2. The average molecular weight is 289 g/mol. The van der Waals surface area contributed by atoms with Crippen molar-refractivity contribution in [2.45, 2.75) is 32.1 Å². The number of ketones is 1. The van der Waals surface area contributed by atoms with Gasteiger partial charge in [-0.3, -0.25) is 4.79 Å². The number of unbranched alkanes of at least 4 members (excludes halogenated alkanes) is 2. The minimum atomic E-state index is 0. The summed E-state index contributed by atoms with van der Waals surface area (Å²) in [5.74, 6) is 0.202. The van der Waals surface area contributed by atoms with E-state index in [2.05, 4.69) is 5.32 Å². The van der Waals surface area contributed by atoms with E-state index in [9.17, 15) is 4.79 Å². The maximum Gasteiger partial charge on any atom is 0.158 e. The number of hydrogen-bond acceptors (Lipinski definition) is 4. The summed E-state index contributed by atoms with van der Waals surface area (Å²) in [6.45, 7) is 3.03. The van der Waals surface area contributed by atoms with Crippen LogP contribution in [0.1, 0.15) is 32.1 Å². The molecule has 0 fully saturated rings. The zero-order valence-electron chi connectivity index (χ0n) is 10.6. The lowest BCUT2D eigenvalue weighted by atomic mass is 10.1. The van der Waals surface area contributed by atoms with Crippen LogP contribution in [-0.2, 0) is 9.53 Å². The first-order chi connectivity index (χ1) is 7.31. The molecule has 106 valence electrons. The molecule has 0 aromatic carbocycles. The second-order valence-electron chi connectivity index (χ2n) is 3.67. The number of carbonyl (C=O) groups is 1. The number of Topliss-reactive ketones (excluding diaryl/α,β-unsaturated/α-hetero) is 1. The van der Waals surface area contributed by atoms with Crippen molar-refractivity contribution in [2.24, 2.45) is 5.73 Å². The highest BCUT2D eigenvalue weighted by atomic mass is 35.5. The predicted molar refractivity (Wildman–Crippen MR) is 76.4 cm³/mol. The summed E-state index contributed by atoms with van der Waals surface area (Å²) < 4.78 is 4.75. The first-order valence-corrected chi connectivity index (χ1v) is 5.72. The van der Waals surface area contributed by atoms with Crippen molar-refractivity contribution >= 4 is 30.6 Å². The van der Waals surface area contributed by atoms with Crippen molar-refractivity contribution in [3.8, 4) is 0 Å². The van der Waals surface area contributed by atoms with Gasteiger partial charge in [0, 0.05) is 13.5 Å². The van der Waals surface area contributed by atoms with Gasteiger partial charge in [0.15, 0.2) is 5.78 Å². The Hall–Kier alpha value is 0.130. The van der Waals surface area contributed by atoms with E-state index in [1.807, 2.05) is 0 Å². The third kappa shape index (κ3) is 18.7. The molecule has 3 N–H and O–H groups in total. The molecule has 0 aromatic rings. The summed E-state index contributed by atoms with van der Waals surface area (Å²) in [5.41, 5.74) is 5.36. The standard InChI is InChI=1S/C11H24N2O2.2ClH/c1-15-10-11(14)6-3-2-4-8-13-9-5-7-12;;/h13H,2-10,12H2,1H3;2*1H. The van der Waals surface area contributed by atoms with Gasteiger partial charge in [0.1, 0.15) is 6.61 Å². The van der Waals surface area contributed by atoms with Gasteiger partial charge >= 0.3 is 0 Å². The molecule has 0 saturated carbocycles. The predicted octanol–water partition coefficient (Wildman–Crippen LogP) is 1.54. The molecule has 0 unspecified atom stereocenters. The van der Waals surface area contributed by atoms with E-state index in [0.717, 1.165) is 45.3 Å². The lowest BCUT2D eigenvalue weighted by Gasteiger charge is -2.03. The Morgan fingerprint density at radius 2 is 1.76 bits per heavy atom. The number of halogens is 2. The van der Waals surface area contributed by atoms with Gasteiger partial charge in [0.2, 0.25) is 0 Å². The van der Waals surface area contributed by atoms with Gasteiger partial charge < -0.3 is 15.8 Å². The molecule has 0 bridgehead atoms. The van der Waals surface area contributed by atoms with Crippen molar-refractivity contribution in [3.63, 3.8) is 0 Å². The average Bonchev–Trinajstić information content (AvgIpc) is 2.22. The Labute approximate surface area is 117 Å². The molecule has 0 atom stereocenters. The fourth-order valence-electron chi connectivity index (χ4n) is 1.33. The zero-order valence-corrected chi connectivity index (χ0v) is 12.2. The number of ether oxygens (including phenoxy) is 1. The SMILES string of the molecule is COCC(=O)CCCCCNCCCN.Cl.Cl. The van der Waals surface area contributed by atoms with E-state index in [0.29, 0.717) is 6.42 Å². The number of nitrogens with two attached hydrogens (primary N) is 1. The quantitative estimate of drug-likeness (QED) is 0.566. The largest absolute Gasteiger partial charge is 0.377 e. The topological polar surface area (TPSA) is 64.3 Å². The Morgan fingerprint density at radius 3 is 2.35 bits per heavy atom. The summed E-state index contributed by atoms with van der Waals surface area (Å²) >= 11 is 0. The van der Waals surface area contributed by atoms with E-state index < -0.39 is 0 Å². The Balaban J connectivity index is -0.000000980. The van der Waals surface area contributed by atoms with E-state index in [-0.39, 0.29) is 37.2 Å². The van der Waals surface area contributed by atoms with Gasteiger partial charge in [0.25, 0.3) is 0 Å². The van der Waals surface area contributed by atoms with Crippen molar-refractivity contribution in [3.05, 3.63) is 0 Å². The van der Waals surface area contributed by atoms with Crippen LogP contribution < -0.4 is 11.1 Å². The molecule has 0 heterocycles. The molecule has 0 amide bonds. The van der Waals surface area contributed by atoms with Crippen LogP contribution in [0.2, 0.25) is 0 Å². The Morgan fingerprint density at radius 1 is 1.12 bits per heavy atom. The van der Waals surface area contributed by atoms with Crippen LogP contribution in [0.4, 0.5) is 0 Å². The van der Waals surface area contributed by atoms with Gasteiger partial charge in [-0.15, -0.1) is 24.8 Å². The second-order valence-corrected chi connectivity index (χ2v) is 3.67. The minimum absolute atomic E-state index is 0. The molecule has 0 saturated heterocycles. The summed E-state index contributed by atoms with van der Waals surface area (Å²) in [4.78, 5) is 11.1. The normalized spacial score (nSPS) is 9.29. The maximum absolute atomic E-state index is 11.1. The van der Waals surface area contributed by atoms with Crippen LogP contribution in [-0.4, -0.2) is 39.1 Å². The van der Waals surface area contributed by atoms with Crippen LogP contribution in [0.5, 0.6) is 0 Å². The van der Waals surface area contributed by atoms with Gasteiger partial charge in [-0.1, -0.05) is 6.42 Å². The molecule has 0 aliphatic carbocycles.